The van der Waals surface area contributed by atoms with E-state index in [9.17, 15) is 9.59 Å². The van der Waals surface area contributed by atoms with Gasteiger partial charge in [0.15, 0.2) is 12.4 Å². The number of anilines is 1. The average Bonchev–Trinajstić information content (AvgIpc) is 3.26. The summed E-state index contributed by atoms with van der Waals surface area (Å²) >= 11 is 5.86. The van der Waals surface area contributed by atoms with Crippen LogP contribution in [0, 0.1) is 0 Å². The predicted molar refractivity (Wildman–Crippen MR) is 111 cm³/mol. The number of nitrogens with zero attached hydrogens (tertiary/aromatic N) is 3. The summed E-state index contributed by atoms with van der Waals surface area (Å²) in [4.78, 5) is 28.8. The molecule has 0 spiro atoms. The minimum Gasteiger partial charge on any atom is -0.484 e. The summed E-state index contributed by atoms with van der Waals surface area (Å²) in [7, 11) is 0. The van der Waals surface area contributed by atoms with Crippen LogP contribution >= 0.6 is 11.6 Å². The van der Waals surface area contributed by atoms with Gasteiger partial charge in [0.2, 0.25) is 5.91 Å². The first-order valence-electron chi connectivity index (χ1n) is 9.76. The summed E-state index contributed by atoms with van der Waals surface area (Å²) in [5, 5.41) is 6.84. The van der Waals surface area contributed by atoms with Crippen LogP contribution < -0.4 is 10.1 Å². The molecule has 1 aromatic carbocycles. The summed E-state index contributed by atoms with van der Waals surface area (Å²) in [6, 6.07) is 8.29. The SMILES string of the molecule is O=C(CN(CCCN1CCOCC1)C(=O)COc1ccc(Cl)cc1)Nc1ccon1. The van der Waals surface area contributed by atoms with Crippen molar-refractivity contribution < 1.29 is 23.6 Å². The van der Waals surface area contributed by atoms with Crippen molar-refractivity contribution in [3.8, 4) is 5.75 Å². The Labute approximate surface area is 179 Å². The normalized spacial score (nSPS) is 14.3. The first kappa shape index (κ1) is 22.1. The molecule has 30 heavy (non-hydrogen) atoms. The van der Waals surface area contributed by atoms with Gasteiger partial charge in [0.05, 0.1) is 13.2 Å². The van der Waals surface area contributed by atoms with E-state index >= 15 is 0 Å². The number of halogens is 1. The lowest BCUT2D eigenvalue weighted by atomic mass is 10.3. The second-order valence-corrected chi connectivity index (χ2v) is 7.23. The van der Waals surface area contributed by atoms with Gasteiger partial charge in [-0.2, -0.15) is 0 Å². The fourth-order valence-electron chi connectivity index (χ4n) is 3.00. The number of rotatable bonds is 10. The molecule has 1 aromatic heterocycles. The van der Waals surface area contributed by atoms with Gasteiger partial charge in [-0.25, -0.2) is 0 Å². The molecule has 2 amide bonds. The third-order valence-electron chi connectivity index (χ3n) is 4.57. The fourth-order valence-corrected chi connectivity index (χ4v) is 3.13. The van der Waals surface area contributed by atoms with Gasteiger partial charge in [0, 0.05) is 37.3 Å². The van der Waals surface area contributed by atoms with Crippen LogP contribution in [0.2, 0.25) is 5.02 Å². The Hall–Kier alpha value is -2.62. The van der Waals surface area contributed by atoms with E-state index in [1.165, 1.54) is 17.2 Å². The monoisotopic (exact) mass is 436 g/mol. The topological polar surface area (TPSA) is 97.1 Å². The molecular formula is C20H25ClN4O5. The van der Waals surface area contributed by atoms with Gasteiger partial charge in [0.1, 0.15) is 18.6 Å². The zero-order valence-corrected chi connectivity index (χ0v) is 17.3. The van der Waals surface area contributed by atoms with Crippen LogP contribution in [-0.4, -0.2) is 79.3 Å². The molecule has 10 heteroatoms. The zero-order chi connectivity index (χ0) is 21.2. The average molecular weight is 437 g/mol. The third-order valence-corrected chi connectivity index (χ3v) is 4.83. The first-order chi connectivity index (χ1) is 14.6. The number of nitrogens with one attached hydrogen (secondary N) is 1. The number of carbonyl (C=O) groups excluding carboxylic acids is 2. The van der Waals surface area contributed by atoms with Crippen molar-refractivity contribution in [2.75, 3.05) is 57.9 Å². The number of morpholine rings is 1. The molecule has 2 aromatic rings. The van der Waals surface area contributed by atoms with Crippen molar-refractivity contribution in [1.82, 2.24) is 15.0 Å². The van der Waals surface area contributed by atoms with Gasteiger partial charge < -0.3 is 24.2 Å². The maximum atomic E-state index is 12.7. The van der Waals surface area contributed by atoms with Crippen LogP contribution in [0.15, 0.2) is 41.1 Å². The van der Waals surface area contributed by atoms with E-state index in [1.54, 1.807) is 24.3 Å². The molecule has 1 N–H and O–H groups in total. The van der Waals surface area contributed by atoms with Gasteiger partial charge in [-0.1, -0.05) is 16.8 Å². The van der Waals surface area contributed by atoms with Gasteiger partial charge in [0.25, 0.3) is 5.91 Å². The van der Waals surface area contributed by atoms with Gasteiger partial charge >= 0.3 is 0 Å². The molecule has 1 aliphatic heterocycles. The smallest absolute Gasteiger partial charge is 0.260 e. The van der Waals surface area contributed by atoms with E-state index in [-0.39, 0.29) is 25.0 Å². The highest BCUT2D eigenvalue weighted by atomic mass is 35.5. The van der Waals surface area contributed by atoms with Crippen LogP contribution in [-0.2, 0) is 14.3 Å². The Kier molecular flexibility index (Phi) is 8.49. The van der Waals surface area contributed by atoms with Crippen molar-refractivity contribution in [2.24, 2.45) is 0 Å². The van der Waals surface area contributed by atoms with E-state index in [4.69, 9.17) is 25.6 Å². The molecule has 1 saturated heterocycles. The van der Waals surface area contributed by atoms with Crippen molar-refractivity contribution in [3.05, 3.63) is 41.6 Å². The third kappa shape index (κ3) is 7.33. The van der Waals surface area contributed by atoms with Gasteiger partial charge in [-0.05, 0) is 30.7 Å². The Morgan fingerprint density at radius 1 is 1.20 bits per heavy atom. The van der Waals surface area contributed by atoms with Crippen LogP contribution in [0.4, 0.5) is 5.82 Å². The Morgan fingerprint density at radius 2 is 1.97 bits per heavy atom. The Morgan fingerprint density at radius 3 is 2.67 bits per heavy atom. The van der Waals surface area contributed by atoms with E-state index in [0.29, 0.717) is 23.1 Å². The molecule has 0 aliphatic carbocycles. The molecule has 0 radical (unpaired) electrons. The molecule has 1 aliphatic rings. The van der Waals surface area contributed by atoms with Crippen LogP contribution in [0.5, 0.6) is 5.75 Å². The number of aromatic nitrogens is 1. The number of hydrogen-bond donors (Lipinski definition) is 1. The number of ether oxygens (including phenoxy) is 2. The highest BCUT2D eigenvalue weighted by Gasteiger charge is 2.19. The van der Waals surface area contributed by atoms with Crippen LogP contribution in [0.1, 0.15) is 6.42 Å². The van der Waals surface area contributed by atoms with Crippen molar-refractivity contribution in [1.29, 1.82) is 0 Å². The maximum Gasteiger partial charge on any atom is 0.260 e. The zero-order valence-electron chi connectivity index (χ0n) is 16.6. The minimum absolute atomic E-state index is 0.0984. The highest BCUT2D eigenvalue weighted by Crippen LogP contribution is 2.15. The summed E-state index contributed by atoms with van der Waals surface area (Å²) in [5.74, 6) is 0.212. The Bertz CT molecular complexity index is 794. The molecule has 162 valence electrons. The van der Waals surface area contributed by atoms with E-state index in [1.807, 2.05) is 0 Å². The summed E-state index contributed by atoms with van der Waals surface area (Å²) in [6.07, 6.45) is 2.10. The van der Waals surface area contributed by atoms with E-state index < -0.39 is 0 Å². The van der Waals surface area contributed by atoms with Crippen LogP contribution in [0.3, 0.4) is 0 Å². The summed E-state index contributed by atoms with van der Waals surface area (Å²) in [5.41, 5.74) is 0. The fraction of sp³-hybridized carbons (Fsp3) is 0.450. The number of amides is 2. The molecule has 0 saturated carbocycles. The summed E-state index contributed by atoms with van der Waals surface area (Å²) < 4.78 is 15.6. The number of benzene rings is 1. The number of hydrogen-bond acceptors (Lipinski definition) is 7. The Balaban J connectivity index is 1.52. The first-order valence-corrected chi connectivity index (χ1v) is 10.1. The van der Waals surface area contributed by atoms with Crippen LogP contribution in [0.25, 0.3) is 0 Å². The predicted octanol–water partition coefficient (Wildman–Crippen LogP) is 1.90. The lowest BCUT2D eigenvalue weighted by Crippen LogP contribution is -2.43. The molecule has 1 fully saturated rings. The molecule has 2 heterocycles. The lowest BCUT2D eigenvalue weighted by molar-refractivity contribution is -0.136. The van der Waals surface area contributed by atoms with Crippen molar-refractivity contribution in [3.63, 3.8) is 0 Å². The van der Waals surface area contributed by atoms with E-state index in [2.05, 4.69) is 15.4 Å². The molecule has 0 bridgehead atoms. The standard InChI is InChI=1S/C20H25ClN4O5/c21-16-2-4-17(5-3-16)29-15-20(27)25(8-1-7-24-9-12-28-13-10-24)14-19(26)22-18-6-11-30-23-18/h2-6,11H,1,7-10,12-15H2,(H,22,23,26). The molecule has 3 rings (SSSR count). The number of carbonyl (C=O) groups is 2. The quantitative estimate of drug-likeness (QED) is 0.607. The summed E-state index contributed by atoms with van der Waals surface area (Å²) in [6.45, 7) is 4.19. The highest BCUT2D eigenvalue weighted by molar-refractivity contribution is 6.30. The molecule has 9 nitrogen and oxygen atoms in total. The van der Waals surface area contributed by atoms with Gasteiger partial charge in [-0.15, -0.1) is 0 Å². The van der Waals surface area contributed by atoms with Crippen molar-refractivity contribution >= 4 is 29.2 Å². The second-order valence-electron chi connectivity index (χ2n) is 6.80. The maximum absolute atomic E-state index is 12.7. The molecule has 0 unspecified atom stereocenters. The molecule has 0 atom stereocenters. The van der Waals surface area contributed by atoms with Crippen molar-refractivity contribution in [2.45, 2.75) is 6.42 Å². The van der Waals surface area contributed by atoms with Gasteiger partial charge in [-0.3, -0.25) is 14.5 Å². The minimum atomic E-state index is -0.352. The largest absolute Gasteiger partial charge is 0.484 e. The molecular weight excluding hydrogens is 412 g/mol. The van der Waals surface area contributed by atoms with E-state index in [0.717, 1.165) is 39.3 Å². The lowest BCUT2D eigenvalue weighted by Gasteiger charge is -2.28. The second kappa shape index (κ2) is 11.5.